The molecule has 126 valence electrons. The Morgan fingerprint density at radius 1 is 1.32 bits per heavy atom. The number of thiazole rings is 1. The van der Waals surface area contributed by atoms with Crippen molar-refractivity contribution in [3.05, 3.63) is 15.6 Å². The number of hydrogen-bond donors (Lipinski definition) is 1. The monoisotopic (exact) mass is 436 g/mol. The molecule has 2 atom stereocenters. The van der Waals surface area contributed by atoms with Gasteiger partial charge in [-0.3, -0.25) is 0 Å². The molecule has 0 radical (unpaired) electrons. The Morgan fingerprint density at radius 2 is 1.95 bits per heavy atom. The summed E-state index contributed by atoms with van der Waals surface area (Å²) in [6, 6.07) is 0. The summed E-state index contributed by atoms with van der Waals surface area (Å²) in [5.74, 6) is 2.54. The van der Waals surface area contributed by atoms with Gasteiger partial charge in [0.15, 0.2) is 5.96 Å². The van der Waals surface area contributed by atoms with Crippen LogP contribution in [0.1, 0.15) is 42.8 Å². The summed E-state index contributed by atoms with van der Waals surface area (Å²) in [5.41, 5.74) is 1.12. The topological polar surface area (TPSA) is 40.5 Å². The molecular formula is C16H29IN4S. The Kier molecular flexibility index (Phi) is 8.10. The largest absolute Gasteiger partial charge is 0.357 e. The van der Waals surface area contributed by atoms with Crippen LogP contribution in [0.3, 0.4) is 0 Å². The maximum absolute atomic E-state index is 4.85. The fraction of sp³-hybridized carbons (Fsp3) is 0.750. The lowest BCUT2D eigenvalue weighted by Gasteiger charge is -2.37. The van der Waals surface area contributed by atoms with Gasteiger partial charge >= 0.3 is 0 Å². The highest BCUT2D eigenvalue weighted by Gasteiger charge is 2.24. The number of hydrogen-bond acceptors (Lipinski definition) is 3. The van der Waals surface area contributed by atoms with Crippen LogP contribution in [0, 0.1) is 25.7 Å². The van der Waals surface area contributed by atoms with E-state index in [-0.39, 0.29) is 24.0 Å². The third-order valence-electron chi connectivity index (χ3n) is 3.88. The van der Waals surface area contributed by atoms with Crippen molar-refractivity contribution >= 4 is 41.3 Å². The summed E-state index contributed by atoms with van der Waals surface area (Å²) in [6.45, 7) is 14.8. The van der Waals surface area contributed by atoms with Crippen LogP contribution in [-0.2, 0) is 6.54 Å². The molecule has 1 aliphatic rings. The SMILES string of the molecule is CCNC(=NCc1sc(C)nc1C)N1CC(C)CC(C)C1.I. The summed E-state index contributed by atoms with van der Waals surface area (Å²) in [4.78, 5) is 13.0. The van der Waals surface area contributed by atoms with E-state index in [0.717, 1.165) is 54.7 Å². The normalized spacial score (nSPS) is 22.4. The van der Waals surface area contributed by atoms with E-state index >= 15 is 0 Å². The van der Waals surface area contributed by atoms with E-state index in [1.54, 1.807) is 11.3 Å². The molecule has 22 heavy (non-hydrogen) atoms. The zero-order chi connectivity index (χ0) is 15.4. The fourth-order valence-corrected chi connectivity index (χ4v) is 3.99. The minimum Gasteiger partial charge on any atom is -0.357 e. The number of rotatable bonds is 3. The Bertz CT molecular complexity index is 490. The number of guanidine groups is 1. The van der Waals surface area contributed by atoms with Crippen molar-refractivity contribution in [3.63, 3.8) is 0 Å². The summed E-state index contributed by atoms with van der Waals surface area (Å²) in [5, 5.41) is 4.58. The molecule has 6 heteroatoms. The molecule has 1 aliphatic heterocycles. The molecule has 1 aromatic heterocycles. The van der Waals surface area contributed by atoms with Crippen LogP contribution < -0.4 is 5.32 Å². The van der Waals surface area contributed by atoms with E-state index in [2.05, 4.69) is 49.8 Å². The molecule has 1 N–H and O–H groups in total. The van der Waals surface area contributed by atoms with Crippen LogP contribution in [0.2, 0.25) is 0 Å². The number of aliphatic imine (C=N–C) groups is 1. The molecule has 2 heterocycles. The lowest BCUT2D eigenvalue weighted by atomic mass is 9.92. The van der Waals surface area contributed by atoms with Crippen molar-refractivity contribution in [3.8, 4) is 0 Å². The summed E-state index contributed by atoms with van der Waals surface area (Å²) >= 11 is 1.76. The van der Waals surface area contributed by atoms with Gasteiger partial charge in [-0.15, -0.1) is 35.3 Å². The molecule has 0 amide bonds. The number of piperidine rings is 1. The van der Waals surface area contributed by atoms with Crippen LogP contribution in [-0.4, -0.2) is 35.5 Å². The molecular weight excluding hydrogens is 407 g/mol. The zero-order valence-electron chi connectivity index (χ0n) is 14.3. The maximum Gasteiger partial charge on any atom is 0.194 e. The minimum absolute atomic E-state index is 0. The van der Waals surface area contributed by atoms with Crippen LogP contribution in [0.15, 0.2) is 4.99 Å². The van der Waals surface area contributed by atoms with E-state index in [1.165, 1.54) is 11.3 Å². The number of nitrogens with one attached hydrogen (secondary N) is 1. The first kappa shape index (κ1) is 19.7. The summed E-state index contributed by atoms with van der Waals surface area (Å²) < 4.78 is 0. The second-order valence-electron chi connectivity index (χ2n) is 6.26. The van der Waals surface area contributed by atoms with Crippen molar-refractivity contribution in [2.75, 3.05) is 19.6 Å². The first-order valence-corrected chi connectivity index (χ1v) is 8.77. The van der Waals surface area contributed by atoms with Crippen molar-refractivity contribution < 1.29 is 0 Å². The molecule has 4 nitrogen and oxygen atoms in total. The standard InChI is InChI=1S/C16H28N4S.HI/c1-6-17-16(20-9-11(2)7-12(3)10-20)18-8-15-13(4)19-14(5)21-15;/h11-12H,6-10H2,1-5H3,(H,17,18);1H. The molecule has 0 aliphatic carbocycles. The van der Waals surface area contributed by atoms with Crippen LogP contribution in [0.25, 0.3) is 0 Å². The lowest BCUT2D eigenvalue weighted by Crippen LogP contribution is -2.48. The van der Waals surface area contributed by atoms with Gasteiger partial charge in [-0.2, -0.15) is 0 Å². The minimum atomic E-state index is 0. The van der Waals surface area contributed by atoms with Crippen LogP contribution in [0.4, 0.5) is 0 Å². The fourth-order valence-electron chi connectivity index (χ4n) is 3.13. The van der Waals surface area contributed by atoms with Gasteiger partial charge in [-0.05, 0) is 39.0 Å². The summed E-state index contributed by atoms with van der Waals surface area (Å²) in [6.07, 6.45) is 1.32. The average molecular weight is 436 g/mol. The number of halogens is 1. The van der Waals surface area contributed by atoms with Crippen molar-refractivity contribution in [2.24, 2.45) is 16.8 Å². The Morgan fingerprint density at radius 3 is 2.45 bits per heavy atom. The van der Waals surface area contributed by atoms with Crippen molar-refractivity contribution in [2.45, 2.75) is 47.6 Å². The van der Waals surface area contributed by atoms with E-state index in [4.69, 9.17) is 4.99 Å². The van der Waals surface area contributed by atoms with Gasteiger partial charge in [0.05, 0.1) is 17.2 Å². The highest BCUT2D eigenvalue weighted by Crippen LogP contribution is 2.22. The Hall–Kier alpha value is -0.370. The quantitative estimate of drug-likeness (QED) is 0.445. The molecule has 1 fully saturated rings. The molecule has 2 rings (SSSR count). The van der Waals surface area contributed by atoms with Gasteiger partial charge in [0.1, 0.15) is 0 Å². The summed E-state index contributed by atoms with van der Waals surface area (Å²) in [7, 11) is 0. The van der Waals surface area contributed by atoms with Crippen LogP contribution in [0.5, 0.6) is 0 Å². The smallest absolute Gasteiger partial charge is 0.194 e. The van der Waals surface area contributed by atoms with Gasteiger partial charge in [0.25, 0.3) is 0 Å². The van der Waals surface area contributed by atoms with Gasteiger partial charge in [-0.25, -0.2) is 9.98 Å². The van der Waals surface area contributed by atoms with Crippen molar-refractivity contribution in [1.29, 1.82) is 0 Å². The van der Waals surface area contributed by atoms with E-state index in [9.17, 15) is 0 Å². The van der Waals surface area contributed by atoms with E-state index in [1.807, 2.05) is 0 Å². The zero-order valence-corrected chi connectivity index (χ0v) is 17.5. The number of aromatic nitrogens is 1. The molecule has 1 aromatic rings. The van der Waals surface area contributed by atoms with Gasteiger partial charge < -0.3 is 10.2 Å². The third kappa shape index (κ3) is 5.37. The number of nitrogens with zero attached hydrogens (tertiary/aromatic N) is 3. The molecule has 0 aromatic carbocycles. The third-order valence-corrected chi connectivity index (χ3v) is 4.93. The Labute approximate surface area is 155 Å². The van der Waals surface area contributed by atoms with Gasteiger partial charge in [0.2, 0.25) is 0 Å². The lowest BCUT2D eigenvalue weighted by molar-refractivity contribution is 0.208. The highest BCUT2D eigenvalue weighted by atomic mass is 127. The maximum atomic E-state index is 4.85. The predicted molar refractivity (Wildman–Crippen MR) is 106 cm³/mol. The van der Waals surface area contributed by atoms with Crippen LogP contribution >= 0.6 is 35.3 Å². The average Bonchev–Trinajstić information content (AvgIpc) is 2.71. The molecule has 0 saturated carbocycles. The number of aryl methyl sites for hydroxylation is 2. The highest BCUT2D eigenvalue weighted by molar-refractivity contribution is 14.0. The predicted octanol–water partition coefficient (Wildman–Crippen LogP) is 3.82. The molecule has 0 spiro atoms. The molecule has 2 unspecified atom stereocenters. The molecule has 1 saturated heterocycles. The first-order chi connectivity index (χ1) is 9.99. The van der Waals surface area contributed by atoms with Gasteiger partial charge in [0, 0.05) is 24.5 Å². The number of likely N-dealkylation sites (tertiary alicyclic amines) is 1. The first-order valence-electron chi connectivity index (χ1n) is 7.95. The van der Waals surface area contributed by atoms with Crippen molar-refractivity contribution in [1.82, 2.24) is 15.2 Å². The second kappa shape index (κ2) is 9.05. The Balaban J connectivity index is 0.00000242. The van der Waals surface area contributed by atoms with E-state index in [0.29, 0.717) is 0 Å². The van der Waals surface area contributed by atoms with E-state index < -0.39 is 0 Å². The van der Waals surface area contributed by atoms with Gasteiger partial charge in [-0.1, -0.05) is 13.8 Å². The molecule has 0 bridgehead atoms. The second-order valence-corrected chi connectivity index (χ2v) is 7.55.